The van der Waals surface area contributed by atoms with Crippen molar-refractivity contribution in [1.82, 2.24) is 9.78 Å². The molecular weight excluding hydrogens is 214 g/mol. The fourth-order valence-electron chi connectivity index (χ4n) is 1.71. The zero-order chi connectivity index (χ0) is 12.4. The fourth-order valence-corrected chi connectivity index (χ4v) is 1.71. The summed E-state index contributed by atoms with van der Waals surface area (Å²) in [6, 6.07) is 5.51. The van der Waals surface area contributed by atoms with Crippen molar-refractivity contribution in [3.8, 4) is 0 Å². The molecule has 2 aromatic rings. The van der Waals surface area contributed by atoms with Crippen LogP contribution in [-0.2, 0) is 13.5 Å². The van der Waals surface area contributed by atoms with Gasteiger partial charge >= 0.3 is 0 Å². The largest absolute Gasteiger partial charge is 0.397 e. The molecule has 1 aromatic carbocycles. The molecule has 17 heavy (non-hydrogen) atoms. The fraction of sp³-hybridized carbons (Fsp3) is 0.250. The minimum absolute atomic E-state index is 0.580. The molecule has 0 bridgehead atoms. The monoisotopic (exact) mass is 231 g/mol. The third-order valence-electron chi connectivity index (χ3n) is 2.61. The quantitative estimate of drug-likeness (QED) is 0.704. The second-order valence-corrected chi connectivity index (χ2v) is 3.99. The Morgan fingerprint density at radius 2 is 2.06 bits per heavy atom. The van der Waals surface area contributed by atoms with Gasteiger partial charge in [0.15, 0.2) is 0 Å². The molecule has 0 atom stereocenters. The third-order valence-corrected chi connectivity index (χ3v) is 2.61. The Morgan fingerprint density at radius 3 is 2.71 bits per heavy atom. The third kappa shape index (κ3) is 2.33. The Labute approximate surface area is 100 Å². The molecule has 1 heterocycles. The maximum atomic E-state index is 5.76. The molecule has 5 heteroatoms. The number of hydrogen-bond donors (Lipinski definition) is 3. The van der Waals surface area contributed by atoms with Crippen molar-refractivity contribution in [3.05, 3.63) is 30.1 Å². The predicted molar refractivity (Wildman–Crippen MR) is 71.1 cm³/mol. The summed E-state index contributed by atoms with van der Waals surface area (Å²) in [4.78, 5) is 0. The Kier molecular flexibility index (Phi) is 2.91. The van der Waals surface area contributed by atoms with Crippen LogP contribution >= 0.6 is 0 Å². The van der Waals surface area contributed by atoms with E-state index in [1.165, 1.54) is 0 Å². The van der Waals surface area contributed by atoms with E-state index in [-0.39, 0.29) is 0 Å². The summed E-state index contributed by atoms with van der Waals surface area (Å²) in [6.45, 7) is 2.07. The highest BCUT2D eigenvalue weighted by atomic mass is 15.3. The van der Waals surface area contributed by atoms with Crippen LogP contribution in [0.2, 0.25) is 0 Å². The van der Waals surface area contributed by atoms with Crippen molar-refractivity contribution in [2.75, 3.05) is 16.8 Å². The lowest BCUT2D eigenvalue weighted by molar-refractivity contribution is 0.746. The highest BCUT2D eigenvalue weighted by Crippen LogP contribution is 2.24. The summed E-state index contributed by atoms with van der Waals surface area (Å²) in [5.74, 6) is 0. The number of nitrogen functional groups attached to an aromatic ring is 2. The van der Waals surface area contributed by atoms with Gasteiger partial charge in [0.25, 0.3) is 0 Å². The molecule has 0 aliphatic rings. The molecule has 1 aromatic heterocycles. The van der Waals surface area contributed by atoms with Crippen LogP contribution in [0.15, 0.2) is 24.4 Å². The van der Waals surface area contributed by atoms with Crippen molar-refractivity contribution in [3.63, 3.8) is 0 Å². The van der Waals surface area contributed by atoms with Crippen molar-refractivity contribution in [1.29, 1.82) is 0 Å². The van der Waals surface area contributed by atoms with Crippen LogP contribution in [0, 0.1) is 0 Å². The molecule has 0 unspecified atom stereocenters. The molecule has 0 spiro atoms. The van der Waals surface area contributed by atoms with Gasteiger partial charge in [0.2, 0.25) is 0 Å². The van der Waals surface area contributed by atoms with Crippen LogP contribution in [0.3, 0.4) is 0 Å². The average molecular weight is 231 g/mol. The van der Waals surface area contributed by atoms with Gasteiger partial charge in [0.05, 0.1) is 22.8 Å². The Balaban J connectivity index is 2.27. The summed E-state index contributed by atoms with van der Waals surface area (Å²) in [5, 5.41) is 7.66. The van der Waals surface area contributed by atoms with Crippen molar-refractivity contribution in [2.24, 2.45) is 7.05 Å². The van der Waals surface area contributed by atoms with Gasteiger partial charge in [-0.15, -0.1) is 0 Å². The van der Waals surface area contributed by atoms with E-state index in [1.54, 1.807) is 10.7 Å². The van der Waals surface area contributed by atoms with Crippen LogP contribution in [0.25, 0.3) is 0 Å². The lowest BCUT2D eigenvalue weighted by Gasteiger charge is -2.07. The molecule has 2 rings (SSSR count). The van der Waals surface area contributed by atoms with Crippen LogP contribution in [-0.4, -0.2) is 9.78 Å². The highest BCUT2D eigenvalue weighted by molar-refractivity contribution is 5.72. The van der Waals surface area contributed by atoms with Gasteiger partial charge in [-0.05, 0) is 24.6 Å². The van der Waals surface area contributed by atoms with Crippen LogP contribution in [0.1, 0.15) is 12.6 Å². The number of nitrogens with two attached hydrogens (primary N) is 2. The van der Waals surface area contributed by atoms with Gasteiger partial charge in [-0.3, -0.25) is 4.68 Å². The maximum absolute atomic E-state index is 5.76. The van der Waals surface area contributed by atoms with Crippen LogP contribution < -0.4 is 16.8 Å². The van der Waals surface area contributed by atoms with Crippen molar-refractivity contribution < 1.29 is 0 Å². The smallest absolute Gasteiger partial charge is 0.0856 e. The predicted octanol–water partition coefficient (Wildman–Crippen LogP) is 1.89. The first-order valence-corrected chi connectivity index (χ1v) is 5.54. The first-order chi connectivity index (χ1) is 8.10. The molecule has 0 fully saturated rings. The molecule has 0 radical (unpaired) electrons. The minimum atomic E-state index is 0.580. The van der Waals surface area contributed by atoms with Crippen molar-refractivity contribution in [2.45, 2.75) is 13.3 Å². The summed E-state index contributed by atoms with van der Waals surface area (Å²) in [5.41, 5.74) is 15.6. The van der Waals surface area contributed by atoms with Crippen molar-refractivity contribution >= 4 is 22.7 Å². The minimum Gasteiger partial charge on any atom is -0.397 e. The number of nitrogens with one attached hydrogen (secondary N) is 1. The van der Waals surface area contributed by atoms with Gasteiger partial charge in [-0.1, -0.05) is 6.92 Å². The van der Waals surface area contributed by atoms with Crippen LogP contribution in [0.4, 0.5) is 22.7 Å². The van der Waals surface area contributed by atoms with E-state index < -0.39 is 0 Å². The van der Waals surface area contributed by atoms with E-state index in [9.17, 15) is 0 Å². The molecule has 0 aliphatic carbocycles. The lowest BCUT2D eigenvalue weighted by Crippen LogP contribution is -1.97. The van der Waals surface area contributed by atoms with E-state index >= 15 is 0 Å². The maximum Gasteiger partial charge on any atom is 0.0856 e. The van der Waals surface area contributed by atoms with E-state index in [4.69, 9.17) is 11.5 Å². The molecule has 0 aliphatic heterocycles. The Bertz CT molecular complexity index is 530. The summed E-state index contributed by atoms with van der Waals surface area (Å²) >= 11 is 0. The molecular formula is C12H17N5. The topological polar surface area (TPSA) is 81.9 Å². The number of hydrogen-bond acceptors (Lipinski definition) is 4. The molecule has 0 saturated heterocycles. The number of nitrogens with zero attached hydrogens (tertiary/aromatic N) is 2. The summed E-state index contributed by atoms with van der Waals surface area (Å²) < 4.78 is 1.79. The Morgan fingerprint density at radius 1 is 1.29 bits per heavy atom. The van der Waals surface area contributed by atoms with E-state index in [0.29, 0.717) is 11.4 Å². The second-order valence-electron chi connectivity index (χ2n) is 3.99. The van der Waals surface area contributed by atoms with Gasteiger partial charge in [0, 0.05) is 18.9 Å². The van der Waals surface area contributed by atoms with Crippen LogP contribution in [0.5, 0.6) is 0 Å². The number of anilines is 4. The summed E-state index contributed by atoms with van der Waals surface area (Å²) in [7, 11) is 1.90. The number of aryl methyl sites for hydroxylation is 2. The SMILES string of the molecule is CCc1nn(C)cc1Nc1ccc(N)c(N)c1. The average Bonchev–Trinajstić information content (AvgIpc) is 2.64. The number of rotatable bonds is 3. The van der Waals surface area contributed by atoms with E-state index in [0.717, 1.165) is 23.5 Å². The zero-order valence-corrected chi connectivity index (χ0v) is 10.1. The van der Waals surface area contributed by atoms with Gasteiger partial charge < -0.3 is 16.8 Å². The Hall–Kier alpha value is -2.17. The first kappa shape index (κ1) is 11.3. The highest BCUT2D eigenvalue weighted by Gasteiger charge is 2.06. The zero-order valence-electron chi connectivity index (χ0n) is 10.1. The summed E-state index contributed by atoms with van der Waals surface area (Å²) in [6.07, 6.45) is 2.83. The molecule has 0 amide bonds. The molecule has 90 valence electrons. The normalized spacial score (nSPS) is 10.5. The molecule has 5 nitrogen and oxygen atoms in total. The van der Waals surface area contributed by atoms with E-state index in [2.05, 4.69) is 17.3 Å². The first-order valence-electron chi connectivity index (χ1n) is 5.54. The van der Waals surface area contributed by atoms with Gasteiger partial charge in [0.1, 0.15) is 0 Å². The number of benzene rings is 1. The van der Waals surface area contributed by atoms with E-state index in [1.807, 2.05) is 25.4 Å². The molecule has 5 N–H and O–H groups in total. The lowest BCUT2D eigenvalue weighted by atomic mass is 10.2. The standard InChI is InChI=1S/C12H17N5/c1-3-11-12(7-17(2)16-11)15-8-4-5-9(13)10(14)6-8/h4-7,15H,3,13-14H2,1-2H3. The number of aromatic nitrogens is 2. The van der Waals surface area contributed by atoms with Gasteiger partial charge in [-0.2, -0.15) is 5.10 Å². The molecule has 0 saturated carbocycles. The second kappa shape index (κ2) is 4.37. The van der Waals surface area contributed by atoms with Gasteiger partial charge in [-0.25, -0.2) is 0 Å².